The summed E-state index contributed by atoms with van der Waals surface area (Å²) in [5.41, 5.74) is 8.81. The number of hydrogen-bond acceptors (Lipinski definition) is 2. The monoisotopic (exact) mass is 259 g/mol. The van der Waals surface area contributed by atoms with Gasteiger partial charge < -0.3 is 10.5 Å². The molecule has 2 rings (SSSR count). The molecule has 0 saturated carbocycles. The molecule has 0 amide bonds. The maximum absolute atomic E-state index is 13.2. The fourth-order valence-electron chi connectivity index (χ4n) is 1.98. The molecule has 0 unspecified atom stereocenters. The highest BCUT2D eigenvalue weighted by Crippen LogP contribution is 2.27. The molecular weight excluding hydrogens is 241 g/mol. The Morgan fingerprint density at radius 3 is 2.53 bits per heavy atom. The molecule has 0 aromatic heterocycles. The molecule has 2 N–H and O–H groups in total. The Labute approximate surface area is 113 Å². The van der Waals surface area contributed by atoms with Gasteiger partial charge in [0.25, 0.3) is 0 Å². The van der Waals surface area contributed by atoms with Crippen LogP contribution in [0.1, 0.15) is 16.7 Å². The van der Waals surface area contributed by atoms with E-state index in [0.717, 1.165) is 17.5 Å². The van der Waals surface area contributed by atoms with Crippen molar-refractivity contribution in [2.45, 2.75) is 20.3 Å². The first-order valence-electron chi connectivity index (χ1n) is 6.34. The average molecular weight is 259 g/mol. The number of hydrogen-bond donors (Lipinski definition) is 1. The molecule has 0 heterocycles. The van der Waals surface area contributed by atoms with Gasteiger partial charge in [0.1, 0.15) is 17.3 Å². The Hall–Kier alpha value is -1.87. The summed E-state index contributed by atoms with van der Waals surface area (Å²) in [6.07, 6.45) is 0.852. The molecule has 2 nitrogen and oxygen atoms in total. The van der Waals surface area contributed by atoms with Gasteiger partial charge in [-0.3, -0.25) is 0 Å². The highest BCUT2D eigenvalue weighted by molar-refractivity contribution is 5.40. The SMILES string of the molecule is Cc1cc(Oc2cc(F)ccc2C)ccc1CCN. The topological polar surface area (TPSA) is 35.2 Å². The minimum atomic E-state index is -0.294. The van der Waals surface area contributed by atoms with E-state index in [4.69, 9.17) is 10.5 Å². The number of aryl methyl sites for hydroxylation is 2. The van der Waals surface area contributed by atoms with Crippen LogP contribution in [0.2, 0.25) is 0 Å². The summed E-state index contributed by atoms with van der Waals surface area (Å²) < 4.78 is 18.9. The van der Waals surface area contributed by atoms with Gasteiger partial charge in [-0.25, -0.2) is 4.39 Å². The third-order valence-corrected chi connectivity index (χ3v) is 3.11. The molecule has 0 aliphatic rings. The Bertz CT molecular complexity index is 581. The maximum Gasteiger partial charge on any atom is 0.133 e. The van der Waals surface area contributed by atoms with Crippen LogP contribution >= 0.6 is 0 Å². The van der Waals surface area contributed by atoms with Crippen molar-refractivity contribution >= 4 is 0 Å². The average Bonchev–Trinajstić information content (AvgIpc) is 2.37. The first-order valence-corrected chi connectivity index (χ1v) is 6.34. The highest BCUT2D eigenvalue weighted by Gasteiger charge is 2.05. The molecule has 0 saturated heterocycles. The van der Waals surface area contributed by atoms with E-state index in [9.17, 15) is 4.39 Å². The van der Waals surface area contributed by atoms with Crippen LogP contribution in [0, 0.1) is 19.7 Å². The molecule has 2 aromatic rings. The lowest BCUT2D eigenvalue weighted by atomic mass is 10.1. The molecule has 0 spiro atoms. The smallest absolute Gasteiger partial charge is 0.133 e. The Morgan fingerprint density at radius 1 is 1.05 bits per heavy atom. The summed E-state index contributed by atoms with van der Waals surface area (Å²) in [5, 5.41) is 0. The van der Waals surface area contributed by atoms with E-state index in [-0.39, 0.29) is 5.82 Å². The minimum Gasteiger partial charge on any atom is -0.457 e. The third-order valence-electron chi connectivity index (χ3n) is 3.11. The van der Waals surface area contributed by atoms with Gasteiger partial charge in [0.2, 0.25) is 0 Å². The van der Waals surface area contributed by atoms with Crippen molar-refractivity contribution < 1.29 is 9.13 Å². The maximum atomic E-state index is 13.2. The van der Waals surface area contributed by atoms with Crippen molar-refractivity contribution in [3.8, 4) is 11.5 Å². The van der Waals surface area contributed by atoms with Crippen molar-refractivity contribution in [2.24, 2.45) is 5.73 Å². The van der Waals surface area contributed by atoms with Gasteiger partial charge in [-0.15, -0.1) is 0 Å². The fraction of sp³-hybridized carbons (Fsp3) is 0.250. The van der Waals surface area contributed by atoms with E-state index in [2.05, 4.69) is 0 Å². The van der Waals surface area contributed by atoms with Crippen molar-refractivity contribution in [3.05, 3.63) is 58.9 Å². The van der Waals surface area contributed by atoms with Crippen LogP contribution < -0.4 is 10.5 Å². The number of halogens is 1. The molecule has 3 heteroatoms. The molecule has 0 aliphatic carbocycles. The van der Waals surface area contributed by atoms with Crippen LogP contribution in [0.25, 0.3) is 0 Å². The van der Waals surface area contributed by atoms with Gasteiger partial charge in [0.15, 0.2) is 0 Å². The van der Waals surface area contributed by atoms with Crippen LogP contribution in [-0.4, -0.2) is 6.54 Å². The minimum absolute atomic E-state index is 0.294. The second-order valence-electron chi connectivity index (χ2n) is 4.64. The Balaban J connectivity index is 2.24. The number of rotatable bonds is 4. The third kappa shape index (κ3) is 3.32. The number of benzene rings is 2. The van der Waals surface area contributed by atoms with E-state index in [0.29, 0.717) is 18.0 Å². The predicted molar refractivity (Wildman–Crippen MR) is 75.1 cm³/mol. The largest absolute Gasteiger partial charge is 0.457 e. The lowest BCUT2D eigenvalue weighted by Gasteiger charge is -2.11. The molecule has 0 bridgehead atoms. The van der Waals surface area contributed by atoms with Gasteiger partial charge in [-0.2, -0.15) is 0 Å². The van der Waals surface area contributed by atoms with Gasteiger partial charge in [0.05, 0.1) is 0 Å². The zero-order valence-electron chi connectivity index (χ0n) is 11.2. The molecule has 2 aromatic carbocycles. The number of nitrogens with two attached hydrogens (primary N) is 1. The standard InChI is InChI=1S/C16H18FNO/c1-11-3-5-14(17)10-16(11)19-15-6-4-13(7-8-18)12(2)9-15/h3-6,9-10H,7-8,18H2,1-2H3. The predicted octanol–water partition coefficient (Wildman–Crippen LogP) is 3.74. The van der Waals surface area contributed by atoms with Gasteiger partial charge in [0, 0.05) is 6.07 Å². The Kier molecular flexibility index (Phi) is 4.17. The van der Waals surface area contributed by atoms with E-state index in [1.54, 1.807) is 6.07 Å². The molecular formula is C16H18FNO. The van der Waals surface area contributed by atoms with Crippen molar-refractivity contribution in [1.29, 1.82) is 0 Å². The van der Waals surface area contributed by atoms with Crippen LogP contribution in [0.5, 0.6) is 11.5 Å². The van der Waals surface area contributed by atoms with E-state index in [1.807, 2.05) is 32.0 Å². The second-order valence-corrected chi connectivity index (χ2v) is 4.64. The van der Waals surface area contributed by atoms with E-state index < -0.39 is 0 Å². The molecule has 19 heavy (non-hydrogen) atoms. The normalized spacial score (nSPS) is 10.5. The van der Waals surface area contributed by atoms with Crippen molar-refractivity contribution in [3.63, 3.8) is 0 Å². The summed E-state index contributed by atoms with van der Waals surface area (Å²) in [7, 11) is 0. The van der Waals surface area contributed by atoms with E-state index >= 15 is 0 Å². The first-order chi connectivity index (χ1) is 9.10. The van der Waals surface area contributed by atoms with Crippen molar-refractivity contribution in [2.75, 3.05) is 6.54 Å². The summed E-state index contributed by atoms with van der Waals surface area (Å²) in [5.74, 6) is 0.968. The summed E-state index contributed by atoms with van der Waals surface area (Å²) in [6, 6.07) is 10.4. The molecule has 100 valence electrons. The lowest BCUT2D eigenvalue weighted by Crippen LogP contribution is -2.04. The molecule has 0 atom stereocenters. The van der Waals surface area contributed by atoms with E-state index in [1.165, 1.54) is 17.7 Å². The molecule has 0 fully saturated rings. The zero-order chi connectivity index (χ0) is 13.8. The number of ether oxygens (including phenoxy) is 1. The van der Waals surface area contributed by atoms with Crippen LogP contribution in [0.4, 0.5) is 4.39 Å². The van der Waals surface area contributed by atoms with Crippen molar-refractivity contribution in [1.82, 2.24) is 0 Å². The second kappa shape index (κ2) is 5.85. The summed E-state index contributed by atoms with van der Waals surface area (Å²) in [6.45, 7) is 4.55. The zero-order valence-corrected chi connectivity index (χ0v) is 11.2. The van der Waals surface area contributed by atoms with Gasteiger partial charge >= 0.3 is 0 Å². The van der Waals surface area contributed by atoms with Crippen LogP contribution in [-0.2, 0) is 6.42 Å². The van der Waals surface area contributed by atoms with Gasteiger partial charge in [-0.05, 0) is 61.7 Å². The van der Waals surface area contributed by atoms with Crippen LogP contribution in [0.3, 0.4) is 0 Å². The molecule has 0 aliphatic heterocycles. The quantitative estimate of drug-likeness (QED) is 0.907. The Morgan fingerprint density at radius 2 is 1.84 bits per heavy atom. The fourth-order valence-corrected chi connectivity index (χ4v) is 1.98. The first kappa shape index (κ1) is 13.6. The highest BCUT2D eigenvalue weighted by atomic mass is 19.1. The van der Waals surface area contributed by atoms with Gasteiger partial charge in [-0.1, -0.05) is 12.1 Å². The lowest BCUT2D eigenvalue weighted by molar-refractivity contribution is 0.472. The molecule has 0 radical (unpaired) electrons. The summed E-state index contributed by atoms with van der Waals surface area (Å²) >= 11 is 0. The summed E-state index contributed by atoms with van der Waals surface area (Å²) in [4.78, 5) is 0. The van der Waals surface area contributed by atoms with Crippen LogP contribution in [0.15, 0.2) is 36.4 Å².